The van der Waals surface area contributed by atoms with Gasteiger partial charge in [-0.2, -0.15) is 0 Å². The molecule has 0 radical (unpaired) electrons. The van der Waals surface area contributed by atoms with E-state index in [4.69, 9.17) is 16.3 Å². The number of likely N-dealkylation sites (tertiary alicyclic amines) is 1. The van der Waals surface area contributed by atoms with E-state index in [0.29, 0.717) is 16.5 Å². The predicted octanol–water partition coefficient (Wildman–Crippen LogP) is 4.14. The van der Waals surface area contributed by atoms with Gasteiger partial charge in [0.1, 0.15) is 5.75 Å². The fourth-order valence-electron chi connectivity index (χ4n) is 3.96. The summed E-state index contributed by atoms with van der Waals surface area (Å²) >= 11 is 6.35. The second-order valence-electron chi connectivity index (χ2n) is 6.60. The van der Waals surface area contributed by atoms with E-state index in [1.807, 2.05) is 6.07 Å². The van der Waals surface area contributed by atoms with Gasteiger partial charge in [0, 0.05) is 23.6 Å². The Labute approximate surface area is 137 Å². The molecule has 0 amide bonds. The fraction of sp³-hybridized carbons (Fsp3) is 0.611. The van der Waals surface area contributed by atoms with Crippen molar-refractivity contribution >= 4 is 17.4 Å². The van der Waals surface area contributed by atoms with Crippen LogP contribution in [0.4, 0.5) is 0 Å². The van der Waals surface area contributed by atoms with Crippen molar-refractivity contribution in [3.05, 3.63) is 28.3 Å². The third kappa shape index (κ3) is 2.89. The van der Waals surface area contributed by atoms with Gasteiger partial charge in [0.05, 0.1) is 12.1 Å². The largest absolute Gasteiger partial charge is 0.496 e. The zero-order valence-corrected chi connectivity index (χ0v) is 14.2. The highest BCUT2D eigenvalue weighted by atomic mass is 35.5. The Morgan fingerprint density at radius 1 is 1.27 bits per heavy atom. The van der Waals surface area contributed by atoms with E-state index >= 15 is 0 Å². The van der Waals surface area contributed by atoms with Gasteiger partial charge in [-0.3, -0.25) is 4.79 Å². The zero-order chi connectivity index (χ0) is 15.7. The summed E-state index contributed by atoms with van der Waals surface area (Å²) in [6.07, 6.45) is 4.71. The second kappa shape index (κ2) is 6.59. The lowest BCUT2D eigenvalue weighted by Crippen LogP contribution is -2.39. The van der Waals surface area contributed by atoms with E-state index in [-0.39, 0.29) is 11.7 Å². The highest BCUT2D eigenvalue weighted by molar-refractivity contribution is 6.34. The minimum atomic E-state index is 0.0604. The summed E-state index contributed by atoms with van der Waals surface area (Å²) in [4.78, 5) is 15.4. The van der Waals surface area contributed by atoms with Crippen LogP contribution in [0, 0.1) is 5.92 Å². The maximum atomic E-state index is 13.0. The molecule has 0 N–H and O–H groups in total. The van der Waals surface area contributed by atoms with Crippen molar-refractivity contribution < 1.29 is 9.53 Å². The van der Waals surface area contributed by atoms with E-state index in [1.54, 1.807) is 13.2 Å². The topological polar surface area (TPSA) is 29.5 Å². The van der Waals surface area contributed by atoms with Crippen molar-refractivity contribution in [2.45, 2.75) is 38.5 Å². The summed E-state index contributed by atoms with van der Waals surface area (Å²) in [5.74, 6) is 1.35. The van der Waals surface area contributed by atoms with E-state index in [2.05, 4.69) is 11.8 Å². The normalized spacial score (nSPS) is 25.9. The number of Topliss-reactive ketones (excluding diaryl/α,β-unsaturated/α-hetero) is 1. The molecule has 4 heteroatoms. The molecule has 120 valence electrons. The third-order valence-electron chi connectivity index (χ3n) is 5.05. The smallest absolute Gasteiger partial charge is 0.169 e. The first-order valence-corrected chi connectivity index (χ1v) is 8.62. The Bertz CT molecular complexity index is 566. The van der Waals surface area contributed by atoms with Crippen molar-refractivity contribution in [1.29, 1.82) is 0 Å². The average molecular weight is 322 g/mol. The molecule has 1 aromatic carbocycles. The second-order valence-corrected chi connectivity index (χ2v) is 7.00. The number of hydrogen-bond donors (Lipinski definition) is 0. The third-order valence-corrected chi connectivity index (χ3v) is 5.36. The number of piperidine rings is 1. The molecule has 2 aliphatic rings. The molecule has 3 rings (SSSR count). The number of methoxy groups -OCH3 is 1. The quantitative estimate of drug-likeness (QED) is 0.838. The molecule has 0 bridgehead atoms. The number of fused-ring (bicyclic) bond motifs is 1. The number of halogens is 1. The number of ketones is 1. The monoisotopic (exact) mass is 321 g/mol. The van der Waals surface area contributed by atoms with Gasteiger partial charge >= 0.3 is 0 Å². The van der Waals surface area contributed by atoms with Gasteiger partial charge in [-0.1, -0.05) is 24.9 Å². The molecule has 0 spiro atoms. The summed E-state index contributed by atoms with van der Waals surface area (Å²) in [7, 11) is 1.65. The Morgan fingerprint density at radius 3 is 2.68 bits per heavy atom. The summed E-state index contributed by atoms with van der Waals surface area (Å²) in [5.41, 5.74) is 1.69. The number of nitrogens with zero attached hydrogens (tertiary/aromatic N) is 1. The molecule has 0 aromatic heterocycles. The first kappa shape index (κ1) is 15.8. The molecule has 2 unspecified atom stereocenters. The summed E-state index contributed by atoms with van der Waals surface area (Å²) in [6, 6.07) is 3.66. The Kier molecular flexibility index (Phi) is 4.74. The lowest BCUT2D eigenvalue weighted by Gasteiger charge is -2.35. The number of hydrogen-bond acceptors (Lipinski definition) is 3. The number of ether oxygens (including phenoxy) is 1. The lowest BCUT2D eigenvalue weighted by molar-refractivity contribution is 0.0833. The summed E-state index contributed by atoms with van der Waals surface area (Å²) in [5, 5.41) is 0.566. The molecule has 1 aliphatic heterocycles. The molecule has 1 aromatic rings. The minimum Gasteiger partial charge on any atom is -0.496 e. The van der Waals surface area contributed by atoms with Gasteiger partial charge in [0.25, 0.3) is 0 Å². The number of carbonyl (C=O) groups is 1. The molecule has 1 saturated heterocycles. The van der Waals surface area contributed by atoms with E-state index in [0.717, 1.165) is 37.4 Å². The maximum Gasteiger partial charge on any atom is 0.169 e. The highest BCUT2D eigenvalue weighted by Crippen LogP contribution is 2.43. The van der Waals surface area contributed by atoms with Gasteiger partial charge in [-0.15, -0.1) is 0 Å². The van der Waals surface area contributed by atoms with Crippen LogP contribution in [0.15, 0.2) is 12.1 Å². The van der Waals surface area contributed by atoms with E-state index in [9.17, 15) is 4.79 Å². The molecular weight excluding hydrogens is 298 g/mol. The van der Waals surface area contributed by atoms with Crippen molar-refractivity contribution in [3.63, 3.8) is 0 Å². The van der Waals surface area contributed by atoms with Crippen LogP contribution in [0.2, 0.25) is 5.02 Å². The number of benzene rings is 1. The van der Waals surface area contributed by atoms with Crippen LogP contribution in [0.1, 0.15) is 54.4 Å². The molecule has 1 fully saturated rings. The molecule has 1 heterocycles. The van der Waals surface area contributed by atoms with Gasteiger partial charge < -0.3 is 9.64 Å². The maximum absolute atomic E-state index is 13.0. The highest BCUT2D eigenvalue weighted by Gasteiger charge is 2.36. The summed E-state index contributed by atoms with van der Waals surface area (Å²) < 4.78 is 5.45. The van der Waals surface area contributed by atoms with Crippen molar-refractivity contribution in [1.82, 2.24) is 4.90 Å². The standard InChI is InChI=1S/C18H24ClNO2/c1-12-10-13(11-20-8-4-3-5-9-20)18(21)17-14(19)6-7-15(22-2)16(12)17/h6-7,12-13H,3-5,8-11H2,1-2H3. The molecule has 0 saturated carbocycles. The van der Waals surface area contributed by atoms with Crippen LogP contribution >= 0.6 is 11.6 Å². The van der Waals surface area contributed by atoms with Crippen LogP contribution in [0.25, 0.3) is 0 Å². The van der Waals surface area contributed by atoms with Gasteiger partial charge in [0.2, 0.25) is 0 Å². The van der Waals surface area contributed by atoms with Crippen LogP contribution in [-0.2, 0) is 0 Å². The Hall–Kier alpha value is -1.06. The van der Waals surface area contributed by atoms with Crippen LogP contribution in [-0.4, -0.2) is 37.4 Å². The molecule has 2 atom stereocenters. The van der Waals surface area contributed by atoms with E-state index in [1.165, 1.54) is 19.3 Å². The van der Waals surface area contributed by atoms with Gasteiger partial charge in [0.15, 0.2) is 5.78 Å². The minimum absolute atomic E-state index is 0.0604. The van der Waals surface area contributed by atoms with Crippen molar-refractivity contribution in [2.75, 3.05) is 26.7 Å². The first-order valence-electron chi connectivity index (χ1n) is 8.24. The van der Waals surface area contributed by atoms with E-state index < -0.39 is 0 Å². The SMILES string of the molecule is COc1ccc(Cl)c2c1C(C)CC(CN1CCCCC1)C2=O. The number of carbonyl (C=O) groups excluding carboxylic acids is 1. The summed E-state index contributed by atoms with van der Waals surface area (Å²) in [6.45, 7) is 5.29. The predicted molar refractivity (Wildman–Crippen MR) is 89.1 cm³/mol. The lowest BCUT2D eigenvalue weighted by atomic mass is 9.76. The van der Waals surface area contributed by atoms with Crippen molar-refractivity contribution in [2.24, 2.45) is 5.92 Å². The van der Waals surface area contributed by atoms with Crippen molar-refractivity contribution in [3.8, 4) is 5.75 Å². The molecule has 1 aliphatic carbocycles. The molecular formula is C18H24ClNO2. The fourth-order valence-corrected chi connectivity index (χ4v) is 4.22. The molecule has 22 heavy (non-hydrogen) atoms. The van der Waals surface area contributed by atoms with Crippen LogP contribution < -0.4 is 4.74 Å². The van der Waals surface area contributed by atoms with Crippen LogP contribution in [0.5, 0.6) is 5.75 Å². The first-order chi connectivity index (χ1) is 10.6. The van der Waals surface area contributed by atoms with Crippen LogP contribution in [0.3, 0.4) is 0 Å². The Balaban J connectivity index is 1.88. The van der Waals surface area contributed by atoms with Gasteiger partial charge in [-0.05, 0) is 50.4 Å². The average Bonchev–Trinajstić information content (AvgIpc) is 2.53. The van der Waals surface area contributed by atoms with Gasteiger partial charge in [-0.25, -0.2) is 0 Å². The number of rotatable bonds is 3. The zero-order valence-electron chi connectivity index (χ0n) is 13.4. The Morgan fingerprint density at radius 2 is 2.00 bits per heavy atom. The molecule has 3 nitrogen and oxygen atoms in total.